The Morgan fingerprint density at radius 2 is 2.23 bits per heavy atom. The van der Waals surface area contributed by atoms with Crippen LogP contribution >= 0.6 is 0 Å². The highest BCUT2D eigenvalue weighted by Crippen LogP contribution is 2.33. The summed E-state index contributed by atoms with van der Waals surface area (Å²) in [5.41, 5.74) is -1.01. The third-order valence-electron chi connectivity index (χ3n) is 2.59. The molecule has 0 unspecified atom stereocenters. The number of rotatable bonds is 5. The van der Waals surface area contributed by atoms with Gasteiger partial charge in [-0.3, -0.25) is 10.1 Å². The molecule has 1 aromatic carbocycles. The number of carboxylic acids is 1. The molecule has 0 amide bonds. The molecule has 1 heterocycles. The molecule has 0 saturated heterocycles. The number of carboxylic acid groups (broad SMARTS) is 1. The van der Waals surface area contributed by atoms with Crippen LogP contribution in [0, 0.1) is 15.9 Å². The van der Waals surface area contributed by atoms with Crippen molar-refractivity contribution in [1.82, 2.24) is 9.97 Å². The van der Waals surface area contributed by atoms with Crippen LogP contribution in [0.1, 0.15) is 10.5 Å². The summed E-state index contributed by atoms with van der Waals surface area (Å²) in [7, 11) is 1.25. The normalized spacial score (nSPS) is 10.1. The van der Waals surface area contributed by atoms with Crippen molar-refractivity contribution in [3.8, 4) is 5.75 Å². The fourth-order valence-electron chi connectivity index (χ4n) is 1.61. The fraction of sp³-hybridized carbons (Fsp3) is 0.0833. The molecule has 9 nitrogen and oxygen atoms in total. The van der Waals surface area contributed by atoms with Gasteiger partial charge in [0.1, 0.15) is 5.75 Å². The van der Waals surface area contributed by atoms with Crippen LogP contribution < -0.4 is 10.1 Å². The topological polar surface area (TPSA) is 127 Å². The van der Waals surface area contributed by atoms with E-state index >= 15 is 0 Å². The van der Waals surface area contributed by atoms with Crippen molar-refractivity contribution in [3.05, 3.63) is 46.0 Å². The van der Waals surface area contributed by atoms with Crippen LogP contribution in [0.2, 0.25) is 0 Å². The molecule has 22 heavy (non-hydrogen) atoms. The lowest BCUT2D eigenvalue weighted by Crippen LogP contribution is -2.06. The number of ether oxygens (including phenoxy) is 1. The third kappa shape index (κ3) is 3.06. The smallest absolute Gasteiger partial charge is 0.354 e. The van der Waals surface area contributed by atoms with Crippen LogP contribution in [0.4, 0.5) is 21.7 Å². The molecule has 0 aliphatic heterocycles. The van der Waals surface area contributed by atoms with Gasteiger partial charge in [-0.15, -0.1) is 0 Å². The predicted molar refractivity (Wildman–Crippen MR) is 71.9 cm³/mol. The largest absolute Gasteiger partial charge is 0.494 e. The lowest BCUT2D eigenvalue weighted by atomic mass is 10.2. The molecule has 0 fully saturated rings. The number of methoxy groups -OCH3 is 1. The standard InChI is InChI=1S/C12H9FN4O5/c1-22-10-4-6(13)9(17(20)21)5-8(10)16-12-14-3-2-7(15-12)11(18)19/h2-5H,1H3,(H,18,19)(H,14,15,16). The van der Waals surface area contributed by atoms with Crippen LogP contribution in [-0.4, -0.2) is 33.1 Å². The molecule has 2 N–H and O–H groups in total. The monoisotopic (exact) mass is 308 g/mol. The first kappa shape index (κ1) is 15.1. The minimum absolute atomic E-state index is 0.0209. The van der Waals surface area contributed by atoms with Gasteiger partial charge >= 0.3 is 11.7 Å². The first-order valence-electron chi connectivity index (χ1n) is 5.77. The number of halogens is 1. The van der Waals surface area contributed by atoms with Crippen molar-refractivity contribution in [2.45, 2.75) is 0 Å². The summed E-state index contributed by atoms with van der Waals surface area (Å²) < 4.78 is 18.4. The molecule has 0 aliphatic carbocycles. The Balaban J connectivity index is 2.44. The molecular weight excluding hydrogens is 299 g/mol. The van der Waals surface area contributed by atoms with Crippen LogP contribution in [-0.2, 0) is 0 Å². The number of carbonyl (C=O) groups is 1. The van der Waals surface area contributed by atoms with Gasteiger partial charge in [-0.25, -0.2) is 14.8 Å². The third-order valence-corrected chi connectivity index (χ3v) is 2.59. The van der Waals surface area contributed by atoms with E-state index in [1.54, 1.807) is 0 Å². The lowest BCUT2D eigenvalue weighted by Gasteiger charge is -2.10. The van der Waals surface area contributed by atoms with Crippen molar-refractivity contribution in [1.29, 1.82) is 0 Å². The van der Waals surface area contributed by atoms with Gasteiger partial charge in [-0.05, 0) is 6.07 Å². The van der Waals surface area contributed by atoms with E-state index in [-0.39, 0.29) is 23.1 Å². The molecule has 2 rings (SSSR count). The number of aromatic nitrogens is 2. The van der Waals surface area contributed by atoms with Crippen molar-refractivity contribution in [2.24, 2.45) is 0 Å². The average molecular weight is 308 g/mol. The molecule has 1 aromatic heterocycles. The summed E-state index contributed by atoms with van der Waals surface area (Å²) >= 11 is 0. The number of nitro benzene ring substituents is 1. The van der Waals surface area contributed by atoms with Gasteiger partial charge in [0, 0.05) is 18.3 Å². The number of aromatic carboxylic acids is 1. The number of nitro groups is 1. The highest BCUT2D eigenvalue weighted by atomic mass is 19.1. The second-order valence-corrected chi connectivity index (χ2v) is 3.96. The number of nitrogens with zero attached hydrogens (tertiary/aromatic N) is 3. The maximum absolute atomic E-state index is 13.5. The molecule has 2 aromatic rings. The Kier molecular flexibility index (Phi) is 4.11. The Morgan fingerprint density at radius 3 is 2.82 bits per heavy atom. The number of nitrogens with one attached hydrogen (secondary N) is 1. The maximum Gasteiger partial charge on any atom is 0.354 e. The lowest BCUT2D eigenvalue weighted by molar-refractivity contribution is -0.387. The van der Waals surface area contributed by atoms with E-state index in [0.717, 1.165) is 12.1 Å². The van der Waals surface area contributed by atoms with E-state index in [4.69, 9.17) is 9.84 Å². The van der Waals surface area contributed by atoms with Crippen LogP contribution in [0.25, 0.3) is 0 Å². The summed E-state index contributed by atoms with van der Waals surface area (Å²) in [6.45, 7) is 0. The molecule has 10 heteroatoms. The van der Waals surface area contributed by atoms with Gasteiger partial charge in [-0.1, -0.05) is 0 Å². The minimum Gasteiger partial charge on any atom is -0.494 e. The predicted octanol–water partition coefficient (Wildman–Crippen LogP) is 1.97. The molecule has 114 valence electrons. The Morgan fingerprint density at radius 1 is 1.50 bits per heavy atom. The molecule has 0 saturated carbocycles. The zero-order chi connectivity index (χ0) is 16.3. The van der Waals surface area contributed by atoms with E-state index in [1.807, 2.05) is 0 Å². The maximum atomic E-state index is 13.5. The number of benzene rings is 1. The zero-order valence-electron chi connectivity index (χ0n) is 11.1. The number of hydrogen-bond acceptors (Lipinski definition) is 7. The number of hydrogen-bond donors (Lipinski definition) is 2. The zero-order valence-corrected chi connectivity index (χ0v) is 11.1. The molecular formula is C12H9FN4O5. The number of anilines is 2. The summed E-state index contributed by atoms with van der Waals surface area (Å²) in [5, 5.41) is 22.2. The molecule has 0 bridgehead atoms. The van der Waals surface area contributed by atoms with Crippen molar-refractivity contribution in [2.75, 3.05) is 12.4 Å². The summed E-state index contributed by atoms with van der Waals surface area (Å²) in [4.78, 5) is 28.2. The second-order valence-electron chi connectivity index (χ2n) is 3.96. The summed E-state index contributed by atoms with van der Waals surface area (Å²) in [5.74, 6) is -2.47. The van der Waals surface area contributed by atoms with Crippen molar-refractivity contribution >= 4 is 23.3 Å². The quantitative estimate of drug-likeness (QED) is 0.634. The highest BCUT2D eigenvalue weighted by Gasteiger charge is 2.19. The van der Waals surface area contributed by atoms with E-state index in [2.05, 4.69) is 15.3 Å². The minimum atomic E-state index is -1.26. The van der Waals surface area contributed by atoms with Gasteiger partial charge in [0.15, 0.2) is 5.69 Å². The van der Waals surface area contributed by atoms with Gasteiger partial charge in [0.25, 0.3) is 0 Å². The van der Waals surface area contributed by atoms with E-state index in [9.17, 15) is 19.3 Å². The van der Waals surface area contributed by atoms with Crippen molar-refractivity contribution in [3.63, 3.8) is 0 Å². The van der Waals surface area contributed by atoms with Gasteiger partial charge in [0.05, 0.1) is 17.7 Å². The van der Waals surface area contributed by atoms with Gasteiger partial charge in [0.2, 0.25) is 11.8 Å². The van der Waals surface area contributed by atoms with Crippen LogP contribution in [0.3, 0.4) is 0 Å². The van der Waals surface area contributed by atoms with Gasteiger partial charge in [-0.2, -0.15) is 4.39 Å². The van der Waals surface area contributed by atoms with Crippen molar-refractivity contribution < 1.29 is 24.0 Å². The van der Waals surface area contributed by atoms with E-state index in [0.29, 0.717) is 0 Å². The summed E-state index contributed by atoms with van der Waals surface area (Å²) in [6.07, 6.45) is 1.20. The first-order valence-corrected chi connectivity index (χ1v) is 5.77. The molecule has 0 radical (unpaired) electrons. The molecule has 0 aliphatic rings. The van der Waals surface area contributed by atoms with Crippen LogP contribution in [0.15, 0.2) is 24.4 Å². The van der Waals surface area contributed by atoms with Crippen LogP contribution in [0.5, 0.6) is 5.75 Å². The molecule has 0 spiro atoms. The Labute approximate surface area is 122 Å². The second kappa shape index (κ2) is 5.99. The van der Waals surface area contributed by atoms with E-state index < -0.39 is 22.4 Å². The Bertz CT molecular complexity index is 752. The Hall–Kier alpha value is -3.30. The average Bonchev–Trinajstić information content (AvgIpc) is 2.48. The fourth-order valence-corrected chi connectivity index (χ4v) is 1.61. The molecule has 0 atom stereocenters. The summed E-state index contributed by atoms with van der Waals surface area (Å²) in [6, 6.07) is 2.92. The first-order chi connectivity index (χ1) is 10.4. The highest BCUT2D eigenvalue weighted by molar-refractivity contribution is 5.85. The SMILES string of the molecule is COc1cc(F)c([N+](=O)[O-])cc1Nc1nccc(C(=O)O)n1. The van der Waals surface area contributed by atoms with Gasteiger partial charge < -0.3 is 15.2 Å². The van der Waals surface area contributed by atoms with E-state index in [1.165, 1.54) is 19.4 Å².